The van der Waals surface area contributed by atoms with Crippen molar-refractivity contribution in [1.29, 1.82) is 0 Å². The molecule has 0 heterocycles. The quantitative estimate of drug-likeness (QED) is 0.510. The molecule has 3 unspecified atom stereocenters. The van der Waals surface area contributed by atoms with E-state index in [2.05, 4.69) is 32.1 Å². The molecule has 2 fully saturated rings. The van der Waals surface area contributed by atoms with Crippen LogP contribution in [0.5, 0.6) is 0 Å². The van der Waals surface area contributed by atoms with Crippen molar-refractivity contribution in [2.45, 2.75) is 33.1 Å². The van der Waals surface area contributed by atoms with E-state index in [1.165, 1.54) is 19.3 Å². The number of hydrogen-bond acceptors (Lipinski definition) is 0. The minimum atomic E-state index is 0.670. The number of allylic oxidation sites excluding steroid dienone is 4. The van der Waals surface area contributed by atoms with Crippen molar-refractivity contribution in [3.63, 3.8) is 0 Å². The van der Waals surface area contributed by atoms with Gasteiger partial charge >= 0.3 is 0 Å². The fourth-order valence-corrected chi connectivity index (χ4v) is 3.55. The van der Waals surface area contributed by atoms with Gasteiger partial charge in [0.25, 0.3) is 0 Å². The van der Waals surface area contributed by atoms with Gasteiger partial charge in [0.2, 0.25) is 0 Å². The monoisotopic (exact) mass is 160 g/mol. The van der Waals surface area contributed by atoms with Crippen molar-refractivity contribution in [2.24, 2.45) is 16.7 Å². The van der Waals surface area contributed by atoms with Gasteiger partial charge < -0.3 is 0 Å². The van der Waals surface area contributed by atoms with Gasteiger partial charge in [-0.2, -0.15) is 0 Å². The summed E-state index contributed by atoms with van der Waals surface area (Å²) in [5.74, 6) is 0.896. The first-order chi connectivity index (χ1) is 5.66. The average Bonchev–Trinajstić information content (AvgIpc) is 2.48. The summed E-state index contributed by atoms with van der Waals surface area (Å²) >= 11 is 0. The maximum absolute atomic E-state index is 2.48. The van der Waals surface area contributed by atoms with E-state index in [1.54, 1.807) is 5.57 Å². The van der Waals surface area contributed by atoms with E-state index in [0.717, 1.165) is 5.92 Å². The molecule has 0 aromatic heterocycles. The highest BCUT2D eigenvalue weighted by Crippen LogP contribution is 2.77. The highest BCUT2D eigenvalue weighted by Gasteiger charge is 2.69. The third kappa shape index (κ3) is 0.573. The van der Waals surface area contributed by atoms with Gasteiger partial charge in [0.15, 0.2) is 0 Å². The molecule has 0 aromatic carbocycles. The molecule has 0 aromatic rings. The maximum Gasteiger partial charge on any atom is -0.0106 e. The molecule has 3 aliphatic carbocycles. The number of rotatable bonds is 0. The van der Waals surface area contributed by atoms with Gasteiger partial charge in [-0.3, -0.25) is 0 Å². The molecule has 0 radical (unpaired) electrons. The van der Waals surface area contributed by atoms with E-state index in [0.29, 0.717) is 10.8 Å². The van der Waals surface area contributed by atoms with Gasteiger partial charge in [0.1, 0.15) is 0 Å². The lowest BCUT2D eigenvalue weighted by Crippen LogP contribution is -2.12. The van der Waals surface area contributed by atoms with E-state index in [1.807, 2.05) is 0 Å². The molecule has 3 rings (SSSR count). The Hall–Kier alpha value is -0.520. The molecule has 2 saturated carbocycles. The lowest BCUT2D eigenvalue weighted by atomic mass is 9.83. The first-order valence-electron chi connectivity index (χ1n) is 5.01. The smallest absolute Gasteiger partial charge is 0.0106 e. The molecule has 0 bridgehead atoms. The van der Waals surface area contributed by atoms with Crippen LogP contribution in [-0.4, -0.2) is 0 Å². The average molecular weight is 160 g/mol. The highest BCUT2D eigenvalue weighted by molar-refractivity contribution is 5.37. The van der Waals surface area contributed by atoms with Gasteiger partial charge in [-0.1, -0.05) is 37.6 Å². The maximum atomic E-state index is 2.48. The van der Waals surface area contributed by atoms with Crippen LogP contribution >= 0.6 is 0 Å². The molecule has 0 heteroatoms. The second kappa shape index (κ2) is 1.71. The van der Waals surface area contributed by atoms with Crippen LogP contribution in [0.1, 0.15) is 33.1 Å². The van der Waals surface area contributed by atoms with Gasteiger partial charge in [-0.25, -0.2) is 0 Å². The zero-order chi connectivity index (χ0) is 8.40. The van der Waals surface area contributed by atoms with Crippen molar-refractivity contribution in [3.8, 4) is 0 Å². The summed E-state index contributed by atoms with van der Waals surface area (Å²) in [7, 11) is 0. The first-order valence-corrected chi connectivity index (χ1v) is 5.01. The fraction of sp³-hybridized carbons (Fsp3) is 0.667. The van der Waals surface area contributed by atoms with Crippen molar-refractivity contribution in [1.82, 2.24) is 0 Å². The second-order valence-corrected chi connectivity index (χ2v) is 5.29. The van der Waals surface area contributed by atoms with Crippen LogP contribution in [0.15, 0.2) is 23.8 Å². The van der Waals surface area contributed by atoms with Crippen molar-refractivity contribution in [2.75, 3.05) is 0 Å². The lowest BCUT2D eigenvalue weighted by Gasteiger charge is -2.21. The first kappa shape index (κ1) is 6.94. The molecular weight excluding hydrogens is 144 g/mol. The third-order valence-corrected chi connectivity index (χ3v) is 4.64. The van der Waals surface area contributed by atoms with Gasteiger partial charge in [-0.15, -0.1) is 0 Å². The Bertz CT molecular complexity index is 297. The molecule has 12 heavy (non-hydrogen) atoms. The minimum absolute atomic E-state index is 0.670. The van der Waals surface area contributed by atoms with Gasteiger partial charge in [0.05, 0.1) is 0 Å². The fourth-order valence-electron chi connectivity index (χ4n) is 3.55. The molecule has 3 atom stereocenters. The molecule has 0 saturated heterocycles. The summed E-state index contributed by atoms with van der Waals surface area (Å²) in [5.41, 5.74) is 3.08. The normalized spacial score (nSPS) is 54.5. The van der Waals surface area contributed by atoms with Crippen LogP contribution < -0.4 is 0 Å². The number of fused-ring (bicyclic) bond motifs is 3. The van der Waals surface area contributed by atoms with Crippen molar-refractivity contribution in [3.05, 3.63) is 23.8 Å². The van der Waals surface area contributed by atoms with Crippen LogP contribution in [0.3, 0.4) is 0 Å². The summed E-state index contributed by atoms with van der Waals surface area (Å²) in [6.45, 7) is 4.95. The summed E-state index contributed by atoms with van der Waals surface area (Å²) in [4.78, 5) is 0. The second-order valence-electron chi connectivity index (χ2n) is 5.29. The van der Waals surface area contributed by atoms with Crippen LogP contribution in [0.2, 0.25) is 0 Å². The Morgan fingerprint density at radius 2 is 2.25 bits per heavy atom. The van der Waals surface area contributed by atoms with Crippen LogP contribution in [0.4, 0.5) is 0 Å². The molecule has 0 nitrogen and oxygen atoms in total. The molecule has 64 valence electrons. The zero-order valence-electron chi connectivity index (χ0n) is 7.93. The summed E-state index contributed by atoms with van der Waals surface area (Å²) in [6.07, 6.45) is 11.1. The Kier molecular flexibility index (Phi) is 0.988. The molecule has 0 amide bonds. The largest absolute Gasteiger partial charge is 0.0839 e. The Labute approximate surface area is 74.4 Å². The summed E-state index contributed by atoms with van der Waals surface area (Å²) in [5, 5.41) is 0. The standard InChI is InChI=1S/C12H16/c1-11-7-9-5-3-4-6-10(9)12(11,2)8-11/h3-5,10H,6-8H2,1-2H3. The molecular formula is C12H16. The molecule has 0 spiro atoms. The lowest BCUT2D eigenvalue weighted by molar-refractivity contribution is 0.362. The Morgan fingerprint density at radius 1 is 1.42 bits per heavy atom. The van der Waals surface area contributed by atoms with Crippen LogP contribution in [0.25, 0.3) is 0 Å². The minimum Gasteiger partial charge on any atom is -0.0839 e. The van der Waals surface area contributed by atoms with E-state index in [-0.39, 0.29) is 0 Å². The highest BCUT2D eigenvalue weighted by atomic mass is 14.7. The predicted molar refractivity (Wildman–Crippen MR) is 50.8 cm³/mol. The van der Waals surface area contributed by atoms with Gasteiger partial charge in [-0.05, 0) is 36.0 Å². The van der Waals surface area contributed by atoms with Crippen LogP contribution in [0, 0.1) is 16.7 Å². The topological polar surface area (TPSA) is 0 Å². The molecule has 3 aliphatic rings. The van der Waals surface area contributed by atoms with E-state index in [4.69, 9.17) is 0 Å². The number of hydrogen-bond donors (Lipinski definition) is 0. The zero-order valence-corrected chi connectivity index (χ0v) is 7.93. The molecule has 0 N–H and O–H groups in total. The van der Waals surface area contributed by atoms with E-state index in [9.17, 15) is 0 Å². The Balaban J connectivity index is 2.04. The third-order valence-electron chi connectivity index (χ3n) is 4.64. The molecule has 0 aliphatic heterocycles. The summed E-state index contributed by atoms with van der Waals surface area (Å²) in [6, 6.07) is 0. The summed E-state index contributed by atoms with van der Waals surface area (Å²) < 4.78 is 0. The SMILES string of the molecule is CC12CC3=CC=CCC3C1(C)C2. The van der Waals surface area contributed by atoms with E-state index >= 15 is 0 Å². The van der Waals surface area contributed by atoms with Gasteiger partial charge in [0, 0.05) is 0 Å². The van der Waals surface area contributed by atoms with E-state index < -0.39 is 0 Å². The Morgan fingerprint density at radius 3 is 3.00 bits per heavy atom. The van der Waals surface area contributed by atoms with Crippen molar-refractivity contribution >= 4 is 0 Å². The predicted octanol–water partition coefficient (Wildman–Crippen LogP) is 3.31. The van der Waals surface area contributed by atoms with Crippen LogP contribution in [-0.2, 0) is 0 Å². The van der Waals surface area contributed by atoms with Crippen molar-refractivity contribution < 1.29 is 0 Å².